The number of anilines is 1. The fourth-order valence-electron chi connectivity index (χ4n) is 3.47. The van der Waals surface area contributed by atoms with Gasteiger partial charge in [0.2, 0.25) is 15.9 Å². The molecule has 8 heteroatoms. The number of methoxy groups -OCH3 is 2. The van der Waals surface area contributed by atoms with Crippen molar-refractivity contribution in [3.63, 3.8) is 0 Å². The fraction of sp³-hybridized carbons (Fsp3) is 0.435. The lowest BCUT2D eigenvalue weighted by atomic mass is 9.99. The van der Waals surface area contributed by atoms with Crippen molar-refractivity contribution in [2.24, 2.45) is 0 Å². The highest BCUT2D eigenvalue weighted by molar-refractivity contribution is 7.92. The van der Waals surface area contributed by atoms with Crippen LogP contribution >= 0.6 is 0 Å². The molecule has 2 aromatic rings. The SMILES string of the molecule is CC[C@H](NC(=O)[C@H](C)N(c1ccc(OC)c(OC)c1)S(C)(=O)=O)c1ccc(C)c(C)c1. The third kappa shape index (κ3) is 5.70. The van der Waals surface area contributed by atoms with E-state index in [1.54, 1.807) is 25.1 Å². The van der Waals surface area contributed by atoms with Crippen molar-refractivity contribution in [3.05, 3.63) is 53.1 Å². The van der Waals surface area contributed by atoms with Gasteiger partial charge in [-0.2, -0.15) is 0 Å². The summed E-state index contributed by atoms with van der Waals surface area (Å²) in [6.45, 7) is 7.61. The first-order valence-corrected chi connectivity index (χ1v) is 12.0. The summed E-state index contributed by atoms with van der Waals surface area (Å²) in [5.74, 6) is 0.464. The van der Waals surface area contributed by atoms with Gasteiger partial charge in [-0.05, 0) is 56.0 Å². The number of sulfonamides is 1. The van der Waals surface area contributed by atoms with E-state index in [9.17, 15) is 13.2 Å². The van der Waals surface area contributed by atoms with Crippen molar-refractivity contribution in [2.45, 2.75) is 46.2 Å². The minimum Gasteiger partial charge on any atom is -0.493 e. The van der Waals surface area contributed by atoms with Crippen LogP contribution in [0, 0.1) is 13.8 Å². The standard InChI is InChI=1S/C23H32N2O5S/c1-8-20(18-10-9-15(2)16(3)13-18)24-23(26)17(4)25(31(7,27)28)19-11-12-21(29-5)22(14-19)30-6/h9-14,17,20H,8H2,1-7H3,(H,24,26)/t17-,20-/m0/s1. The van der Waals surface area contributed by atoms with Crippen molar-refractivity contribution < 1.29 is 22.7 Å². The van der Waals surface area contributed by atoms with Crippen LogP contribution in [0.4, 0.5) is 5.69 Å². The van der Waals surface area contributed by atoms with Crippen LogP contribution in [0.2, 0.25) is 0 Å². The van der Waals surface area contributed by atoms with Gasteiger partial charge in [-0.3, -0.25) is 9.10 Å². The number of ether oxygens (including phenoxy) is 2. The molecule has 2 aromatic carbocycles. The highest BCUT2D eigenvalue weighted by Gasteiger charge is 2.31. The quantitative estimate of drug-likeness (QED) is 0.632. The first kappa shape index (κ1) is 24.5. The van der Waals surface area contributed by atoms with Crippen LogP contribution in [0.3, 0.4) is 0 Å². The van der Waals surface area contributed by atoms with Gasteiger partial charge in [0.1, 0.15) is 6.04 Å². The Labute approximate surface area is 185 Å². The topological polar surface area (TPSA) is 84.9 Å². The highest BCUT2D eigenvalue weighted by atomic mass is 32.2. The number of rotatable bonds is 9. The Hall–Kier alpha value is -2.74. The lowest BCUT2D eigenvalue weighted by Crippen LogP contribution is -2.48. The Bertz CT molecular complexity index is 1040. The number of aryl methyl sites for hydroxylation is 2. The van der Waals surface area contributed by atoms with Crippen molar-refractivity contribution in [1.82, 2.24) is 5.32 Å². The molecule has 31 heavy (non-hydrogen) atoms. The molecule has 0 aliphatic rings. The summed E-state index contributed by atoms with van der Waals surface area (Å²) in [4.78, 5) is 13.1. The molecule has 0 aliphatic carbocycles. The monoisotopic (exact) mass is 448 g/mol. The average Bonchev–Trinajstić information content (AvgIpc) is 2.72. The molecule has 170 valence electrons. The molecule has 0 unspecified atom stereocenters. The van der Waals surface area contributed by atoms with E-state index in [4.69, 9.17) is 9.47 Å². The van der Waals surface area contributed by atoms with E-state index in [0.717, 1.165) is 21.7 Å². The van der Waals surface area contributed by atoms with E-state index >= 15 is 0 Å². The Morgan fingerprint density at radius 1 is 1.03 bits per heavy atom. The number of nitrogens with zero attached hydrogens (tertiary/aromatic N) is 1. The van der Waals surface area contributed by atoms with Crippen LogP contribution in [0.25, 0.3) is 0 Å². The highest BCUT2D eigenvalue weighted by Crippen LogP contribution is 2.33. The maximum atomic E-state index is 13.1. The molecule has 0 heterocycles. The van der Waals surface area contributed by atoms with E-state index in [1.165, 1.54) is 19.8 Å². The third-order valence-corrected chi connectivity index (χ3v) is 6.61. The summed E-state index contributed by atoms with van der Waals surface area (Å²) in [7, 11) is -0.780. The second kappa shape index (κ2) is 10.0. The van der Waals surface area contributed by atoms with Gasteiger partial charge in [0, 0.05) is 6.07 Å². The van der Waals surface area contributed by atoms with Gasteiger partial charge in [0.15, 0.2) is 11.5 Å². The summed E-state index contributed by atoms with van der Waals surface area (Å²) < 4.78 is 36.8. The van der Waals surface area contributed by atoms with Gasteiger partial charge in [0.05, 0.1) is 32.2 Å². The van der Waals surface area contributed by atoms with Crippen LogP contribution in [0.1, 0.15) is 43.0 Å². The number of nitrogens with one attached hydrogen (secondary N) is 1. The van der Waals surface area contributed by atoms with Gasteiger partial charge in [-0.15, -0.1) is 0 Å². The Kier molecular flexibility index (Phi) is 7.95. The molecule has 1 amide bonds. The largest absolute Gasteiger partial charge is 0.493 e. The zero-order valence-electron chi connectivity index (χ0n) is 19.2. The predicted octanol–water partition coefficient (Wildman–Crippen LogP) is 3.74. The maximum absolute atomic E-state index is 13.1. The minimum atomic E-state index is -3.75. The molecular weight excluding hydrogens is 416 g/mol. The van der Waals surface area contributed by atoms with E-state index in [-0.39, 0.29) is 11.9 Å². The molecule has 1 N–H and O–H groups in total. The van der Waals surface area contributed by atoms with Crippen molar-refractivity contribution >= 4 is 21.6 Å². The zero-order valence-corrected chi connectivity index (χ0v) is 20.0. The lowest BCUT2D eigenvalue weighted by Gasteiger charge is -2.30. The minimum absolute atomic E-state index is 0.221. The van der Waals surface area contributed by atoms with Crippen LogP contribution in [-0.4, -0.2) is 40.8 Å². The summed E-state index contributed by atoms with van der Waals surface area (Å²) in [5.41, 5.74) is 3.63. The smallest absolute Gasteiger partial charge is 0.244 e. The van der Waals surface area contributed by atoms with Crippen LogP contribution in [-0.2, 0) is 14.8 Å². The Morgan fingerprint density at radius 2 is 1.68 bits per heavy atom. The molecule has 0 aromatic heterocycles. The normalized spacial score (nSPS) is 13.3. The van der Waals surface area contributed by atoms with Gasteiger partial charge in [-0.1, -0.05) is 25.1 Å². The van der Waals surface area contributed by atoms with Crippen LogP contribution in [0.15, 0.2) is 36.4 Å². The lowest BCUT2D eigenvalue weighted by molar-refractivity contribution is -0.122. The average molecular weight is 449 g/mol. The molecule has 2 rings (SSSR count). The number of carbonyl (C=O) groups excluding carboxylic acids is 1. The first-order chi connectivity index (χ1) is 14.5. The summed E-state index contributed by atoms with van der Waals surface area (Å²) >= 11 is 0. The number of carbonyl (C=O) groups is 1. The Balaban J connectivity index is 2.35. The number of benzene rings is 2. The number of hydrogen-bond donors (Lipinski definition) is 1. The molecule has 2 atom stereocenters. The molecule has 0 fully saturated rings. The number of hydrogen-bond acceptors (Lipinski definition) is 5. The predicted molar refractivity (Wildman–Crippen MR) is 123 cm³/mol. The van der Waals surface area contributed by atoms with Gasteiger partial charge < -0.3 is 14.8 Å². The second-order valence-corrected chi connectivity index (χ2v) is 9.45. The van der Waals surface area contributed by atoms with Crippen molar-refractivity contribution in [3.8, 4) is 11.5 Å². The van der Waals surface area contributed by atoms with E-state index < -0.39 is 16.1 Å². The van der Waals surface area contributed by atoms with E-state index in [1.807, 2.05) is 32.9 Å². The first-order valence-electron chi connectivity index (χ1n) is 10.1. The molecule has 0 saturated heterocycles. The third-order valence-electron chi connectivity index (χ3n) is 5.37. The van der Waals surface area contributed by atoms with Gasteiger partial charge in [-0.25, -0.2) is 8.42 Å². The molecule has 0 aliphatic heterocycles. The maximum Gasteiger partial charge on any atom is 0.244 e. The van der Waals surface area contributed by atoms with Crippen LogP contribution < -0.4 is 19.1 Å². The van der Waals surface area contributed by atoms with E-state index in [2.05, 4.69) is 11.4 Å². The van der Waals surface area contributed by atoms with Gasteiger partial charge >= 0.3 is 0 Å². The fourth-order valence-corrected chi connectivity index (χ4v) is 4.63. The summed E-state index contributed by atoms with van der Waals surface area (Å²) in [6, 6.07) is 9.63. The molecule has 0 saturated carbocycles. The zero-order chi connectivity index (χ0) is 23.3. The van der Waals surface area contributed by atoms with E-state index in [0.29, 0.717) is 23.6 Å². The Morgan fingerprint density at radius 3 is 2.19 bits per heavy atom. The van der Waals surface area contributed by atoms with Crippen molar-refractivity contribution in [2.75, 3.05) is 24.8 Å². The molecular formula is C23H32N2O5S. The molecule has 0 radical (unpaired) electrons. The van der Waals surface area contributed by atoms with Crippen molar-refractivity contribution in [1.29, 1.82) is 0 Å². The number of amides is 1. The molecule has 0 spiro atoms. The summed E-state index contributed by atoms with van der Waals surface area (Å²) in [6.07, 6.45) is 1.75. The molecule has 7 nitrogen and oxygen atoms in total. The van der Waals surface area contributed by atoms with Gasteiger partial charge in [0.25, 0.3) is 0 Å². The summed E-state index contributed by atoms with van der Waals surface area (Å²) in [5, 5.41) is 3.00. The molecule has 0 bridgehead atoms. The second-order valence-electron chi connectivity index (χ2n) is 7.59. The van der Waals surface area contributed by atoms with Crippen LogP contribution in [0.5, 0.6) is 11.5 Å².